The number of hydrogen-bond acceptors (Lipinski definition) is 6. The van der Waals surface area contributed by atoms with Gasteiger partial charge >= 0.3 is 5.63 Å². The molecule has 6 heteroatoms. The number of benzene rings is 1. The molecule has 0 bridgehead atoms. The van der Waals surface area contributed by atoms with E-state index in [9.17, 15) is 4.79 Å². The Hall–Kier alpha value is -1.66. The molecule has 0 fully saturated rings. The number of aromatic nitrogens is 2. The number of aryl methyl sites for hydroxylation is 3. The van der Waals surface area contributed by atoms with Gasteiger partial charge in [-0.05, 0) is 49.6 Å². The predicted molar refractivity (Wildman–Crippen MR) is 86.2 cm³/mol. The van der Waals surface area contributed by atoms with Crippen molar-refractivity contribution in [2.24, 2.45) is 0 Å². The van der Waals surface area contributed by atoms with Crippen molar-refractivity contribution < 1.29 is 4.42 Å². The van der Waals surface area contributed by atoms with Crippen molar-refractivity contribution in [2.75, 3.05) is 0 Å². The van der Waals surface area contributed by atoms with E-state index in [0.717, 1.165) is 25.9 Å². The minimum absolute atomic E-state index is 0.310. The second kappa shape index (κ2) is 5.61. The maximum atomic E-state index is 11.7. The number of hydrogen-bond donors (Lipinski definition) is 0. The molecule has 0 aliphatic carbocycles. The van der Waals surface area contributed by atoms with Crippen molar-refractivity contribution in [3.8, 4) is 0 Å². The van der Waals surface area contributed by atoms with Gasteiger partial charge in [0.15, 0.2) is 4.34 Å². The molecule has 3 aromatic rings. The molecule has 0 radical (unpaired) electrons. The zero-order valence-electron chi connectivity index (χ0n) is 12.0. The number of thioether (sulfide) groups is 1. The molecule has 0 saturated heterocycles. The Morgan fingerprint density at radius 2 is 1.90 bits per heavy atom. The van der Waals surface area contributed by atoms with Crippen LogP contribution in [0, 0.1) is 20.8 Å². The Bertz CT molecular complexity index is 868. The summed E-state index contributed by atoms with van der Waals surface area (Å²) in [6.45, 7) is 6.01. The fraction of sp³-hybridized carbons (Fsp3) is 0.267. The van der Waals surface area contributed by atoms with Gasteiger partial charge in [0.2, 0.25) is 0 Å². The molecule has 21 heavy (non-hydrogen) atoms. The molecule has 0 saturated carbocycles. The fourth-order valence-corrected chi connectivity index (χ4v) is 3.89. The molecule has 2 heterocycles. The summed E-state index contributed by atoms with van der Waals surface area (Å²) in [5.41, 5.74) is 3.62. The SMILES string of the molecule is Cc1nnc(SCc2cc(=O)oc3cc(C)c(C)cc23)s1. The highest BCUT2D eigenvalue weighted by atomic mass is 32.2. The quantitative estimate of drug-likeness (QED) is 0.542. The van der Waals surface area contributed by atoms with Gasteiger partial charge in [0.25, 0.3) is 0 Å². The zero-order chi connectivity index (χ0) is 15.0. The first-order chi connectivity index (χ1) is 10.0. The van der Waals surface area contributed by atoms with Crippen LogP contribution in [0.4, 0.5) is 0 Å². The molecule has 2 aromatic heterocycles. The predicted octanol–water partition coefficient (Wildman–Crippen LogP) is 3.86. The Balaban J connectivity index is 2.00. The summed E-state index contributed by atoms with van der Waals surface area (Å²) in [7, 11) is 0. The van der Waals surface area contributed by atoms with E-state index in [1.807, 2.05) is 19.9 Å². The third kappa shape index (κ3) is 3.01. The van der Waals surface area contributed by atoms with Crippen molar-refractivity contribution in [1.29, 1.82) is 0 Å². The van der Waals surface area contributed by atoms with E-state index in [1.165, 1.54) is 5.56 Å². The first kappa shape index (κ1) is 14.3. The summed E-state index contributed by atoms with van der Waals surface area (Å²) < 4.78 is 6.22. The van der Waals surface area contributed by atoms with Gasteiger partial charge in [-0.25, -0.2) is 4.79 Å². The van der Waals surface area contributed by atoms with Crippen molar-refractivity contribution in [2.45, 2.75) is 30.9 Å². The summed E-state index contributed by atoms with van der Waals surface area (Å²) in [5, 5.41) is 10.0. The summed E-state index contributed by atoms with van der Waals surface area (Å²) in [5.74, 6) is 0.680. The number of fused-ring (bicyclic) bond motifs is 1. The standard InChI is InChI=1S/C15H14N2O2S2/c1-8-4-12-11(7-20-15-17-16-10(3)21-15)6-14(18)19-13(12)5-9(8)2/h4-6H,7H2,1-3H3. The van der Waals surface area contributed by atoms with Crippen LogP contribution in [-0.4, -0.2) is 10.2 Å². The van der Waals surface area contributed by atoms with Gasteiger partial charge < -0.3 is 4.42 Å². The highest BCUT2D eigenvalue weighted by molar-refractivity contribution is 8.00. The van der Waals surface area contributed by atoms with Gasteiger partial charge in [-0.2, -0.15) is 0 Å². The third-order valence-corrected chi connectivity index (χ3v) is 5.32. The van der Waals surface area contributed by atoms with Gasteiger partial charge in [0, 0.05) is 17.2 Å². The molecule has 0 aliphatic heterocycles. The second-order valence-electron chi connectivity index (χ2n) is 4.90. The maximum absolute atomic E-state index is 11.7. The molecule has 0 unspecified atom stereocenters. The lowest BCUT2D eigenvalue weighted by atomic mass is 10.0. The van der Waals surface area contributed by atoms with Crippen LogP contribution >= 0.6 is 23.1 Å². The average molecular weight is 318 g/mol. The summed E-state index contributed by atoms with van der Waals surface area (Å²) >= 11 is 3.15. The van der Waals surface area contributed by atoms with E-state index in [1.54, 1.807) is 29.2 Å². The lowest BCUT2D eigenvalue weighted by molar-refractivity contribution is 0.559. The minimum atomic E-state index is -0.310. The molecule has 0 spiro atoms. The van der Waals surface area contributed by atoms with Crippen LogP contribution in [0.15, 0.2) is 31.8 Å². The van der Waals surface area contributed by atoms with Crippen molar-refractivity contribution in [1.82, 2.24) is 10.2 Å². The summed E-state index contributed by atoms with van der Waals surface area (Å²) in [6, 6.07) is 5.57. The molecule has 0 amide bonds. The molecule has 1 aromatic carbocycles. The highest BCUT2D eigenvalue weighted by Gasteiger charge is 2.09. The molecule has 3 rings (SSSR count). The van der Waals surface area contributed by atoms with Crippen LogP contribution < -0.4 is 5.63 Å². The molecule has 0 N–H and O–H groups in total. The van der Waals surface area contributed by atoms with Crippen LogP contribution in [0.25, 0.3) is 11.0 Å². The monoisotopic (exact) mass is 318 g/mol. The van der Waals surface area contributed by atoms with Crippen molar-refractivity contribution >= 4 is 34.1 Å². The van der Waals surface area contributed by atoms with Gasteiger partial charge in [0.1, 0.15) is 10.6 Å². The maximum Gasteiger partial charge on any atom is 0.336 e. The number of nitrogens with zero attached hydrogens (tertiary/aromatic N) is 2. The van der Waals surface area contributed by atoms with Crippen LogP contribution in [0.5, 0.6) is 0 Å². The van der Waals surface area contributed by atoms with Gasteiger partial charge in [0.05, 0.1) is 0 Å². The second-order valence-corrected chi connectivity index (χ2v) is 7.30. The van der Waals surface area contributed by atoms with Crippen molar-refractivity contribution in [3.63, 3.8) is 0 Å². The first-order valence-corrected chi connectivity index (χ1v) is 8.30. The number of rotatable bonds is 3. The van der Waals surface area contributed by atoms with Crippen LogP contribution in [0.1, 0.15) is 21.7 Å². The normalized spacial score (nSPS) is 11.2. The van der Waals surface area contributed by atoms with Gasteiger partial charge in [-0.15, -0.1) is 10.2 Å². The van der Waals surface area contributed by atoms with Gasteiger partial charge in [-0.1, -0.05) is 23.1 Å². The van der Waals surface area contributed by atoms with E-state index < -0.39 is 0 Å². The summed E-state index contributed by atoms with van der Waals surface area (Å²) in [6.07, 6.45) is 0. The van der Waals surface area contributed by atoms with Crippen LogP contribution in [-0.2, 0) is 5.75 Å². The van der Waals surface area contributed by atoms with Gasteiger partial charge in [-0.3, -0.25) is 0 Å². The topological polar surface area (TPSA) is 56.0 Å². The summed E-state index contributed by atoms with van der Waals surface area (Å²) in [4.78, 5) is 11.7. The van der Waals surface area contributed by atoms with E-state index in [2.05, 4.69) is 23.2 Å². The largest absolute Gasteiger partial charge is 0.423 e. The zero-order valence-corrected chi connectivity index (χ0v) is 13.6. The fourth-order valence-electron chi connectivity index (χ4n) is 2.08. The van der Waals surface area contributed by atoms with Crippen LogP contribution in [0.2, 0.25) is 0 Å². The molecule has 0 aliphatic rings. The van der Waals surface area contributed by atoms with Crippen molar-refractivity contribution in [3.05, 3.63) is 50.3 Å². The third-order valence-electron chi connectivity index (χ3n) is 3.30. The molecule has 4 nitrogen and oxygen atoms in total. The van der Waals surface area contributed by atoms with E-state index in [0.29, 0.717) is 11.3 Å². The lowest BCUT2D eigenvalue weighted by Crippen LogP contribution is -2.00. The molecule has 108 valence electrons. The molecular weight excluding hydrogens is 304 g/mol. The Labute approximate surface area is 130 Å². The Morgan fingerprint density at radius 1 is 1.14 bits per heavy atom. The molecular formula is C15H14N2O2S2. The Kier molecular flexibility index (Phi) is 3.82. The van der Waals surface area contributed by atoms with E-state index >= 15 is 0 Å². The minimum Gasteiger partial charge on any atom is -0.423 e. The first-order valence-electron chi connectivity index (χ1n) is 6.50. The molecule has 0 atom stereocenters. The average Bonchev–Trinajstić information content (AvgIpc) is 2.84. The Morgan fingerprint density at radius 3 is 2.62 bits per heavy atom. The lowest BCUT2D eigenvalue weighted by Gasteiger charge is -2.07. The van der Waals surface area contributed by atoms with Crippen LogP contribution in [0.3, 0.4) is 0 Å². The smallest absolute Gasteiger partial charge is 0.336 e. The highest BCUT2D eigenvalue weighted by Crippen LogP contribution is 2.29. The van der Waals surface area contributed by atoms with E-state index in [4.69, 9.17) is 4.42 Å². The van der Waals surface area contributed by atoms with E-state index in [-0.39, 0.29) is 5.63 Å².